The third-order valence-corrected chi connectivity index (χ3v) is 2.88. The molecule has 0 saturated heterocycles. The monoisotopic (exact) mass is 236 g/mol. The van der Waals surface area contributed by atoms with Gasteiger partial charge in [0.05, 0.1) is 11.4 Å². The number of hydrogen-bond donors (Lipinski definition) is 1. The van der Waals surface area contributed by atoms with Crippen molar-refractivity contribution >= 4 is 5.95 Å². The fourth-order valence-corrected chi connectivity index (χ4v) is 1.80. The van der Waals surface area contributed by atoms with Gasteiger partial charge in [-0.2, -0.15) is 5.10 Å². The first-order valence-electron chi connectivity index (χ1n) is 6.70. The maximum Gasteiger partial charge on any atom is 0.243 e. The van der Waals surface area contributed by atoms with Crippen molar-refractivity contribution in [2.75, 3.05) is 5.32 Å². The molecule has 0 radical (unpaired) electrons. The van der Waals surface area contributed by atoms with Crippen LogP contribution in [0.5, 0.6) is 0 Å². The Labute approximate surface area is 104 Å². The Morgan fingerprint density at radius 2 is 1.76 bits per heavy atom. The Balaban J connectivity index is 2.65. The normalized spacial score (nSPS) is 12.5. The van der Waals surface area contributed by atoms with Crippen LogP contribution < -0.4 is 5.32 Å². The molecule has 0 aromatic carbocycles. The minimum Gasteiger partial charge on any atom is -0.350 e. The average Bonchev–Trinajstić information content (AvgIpc) is 2.36. The molecule has 0 saturated carbocycles. The molecule has 1 rings (SSSR count). The van der Waals surface area contributed by atoms with Crippen LogP contribution in [0.3, 0.4) is 0 Å². The van der Waals surface area contributed by atoms with Crippen LogP contribution in [-0.2, 0) is 12.8 Å². The lowest BCUT2D eigenvalue weighted by Gasteiger charge is -2.13. The van der Waals surface area contributed by atoms with Crippen molar-refractivity contribution in [3.05, 3.63) is 11.4 Å². The van der Waals surface area contributed by atoms with Gasteiger partial charge in [0.25, 0.3) is 0 Å². The van der Waals surface area contributed by atoms with Gasteiger partial charge in [-0.3, -0.25) is 0 Å². The van der Waals surface area contributed by atoms with Crippen molar-refractivity contribution in [1.29, 1.82) is 0 Å². The molecule has 1 aromatic rings. The average molecular weight is 236 g/mol. The van der Waals surface area contributed by atoms with Crippen LogP contribution in [0.4, 0.5) is 5.95 Å². The Kier molecular flexibility index (Phi) is 5.87. The van der Waals surface area contributed by atoms with Gasteiger partial charge in [-0.05, 0) is 26.2 Å². The molecule has 17 heavy (non-hydrogen) atoms. The largest absolute Gasteiger partial charge is 0.350 e. The lowest BCUT2D eigenvalue weighted by molar-refractivity contribution is 0.637. The van der Waals surface area contributed by atoms with Crippen LogP contribution in [0.25, 0.3) is 0 Å². The Morgan fingerprint density at radius 1 is 1.06 bits per heavy atom. The number of aromatic nitrogens is 3. The number of aryl methyl sites for hydroxylation is 2. The minimum absolute atomic E-state index is 0.411. The summed E-state index contributed by atoms with van der Waals surface area (Å²) in [5.41, 5.74) is 2.08. The molecular formula is C13H24N4. The molecule has 0 aliphatic rings. The molecule has 0 amide bonds. The van der Waals surface area contributed by atoms with E-state index in [0.29, 0.717) is 12.0 Å². The van der Waals surface area contributed by atoms with E-state index in [4.69, 9.17) is 0 Å². The zero-order chi connectivity index (χ0) is 12.7. The second-order valence-corrected chi connectivity index (χ2v) is 4.42. The van der Waals surface area contributed by atoms with E-state index in [2.05, 4.69) is 48.2 Å². The lowest BCUT2D eigenvalue weighted by atomic mass is 10.1. The first-order valence-corrected chi connectivity index (χ1v) is 6.70. The van der Waals surface area contributed by atoms with E-state index in [1.165, 1.54) is 12.8 Å². The van der Waals surface area contributed by atoms with E-state index in [0.717, 1.165) is 30.7 Å². The fraction of sp³-hybridized carbons (Fsp3) is 0.769. The van der Waals surface area contributed by atoms with Crippen LogP contribution in [0, 0.1) is 0 Å². The van der Waals surface area contributed by atoms with Gasteiger partial charge in [-0.1, -0.05) is 33.6 Å². The zero-order valence-corrected chi connectivity index (χ0v) is 11.5. The van der Waals surface area contributed by atoms with Crippen LogP contribution in [0.2, 0.25) is 0 Å². The molecule has 0 fully saturated rings. The summed E-state index contributed by atoms with van der Waals surface area (Å²) in [6.07, 6.45) is 5.41. The summed E-state index contributed by atoms with van der Waals surface area (Å²) in [6, 6.07) is 0.411. The number of rotatable bonds is 7. The molecule has 1 unspecified atom stereocenters. The summed E-state index contributed by atoms with van der Waals surface area (Å²) in [4.78, 5) is 4.53. The second kappa shape index (κ2) is 7.20. The van der Waals surface area contributed by atoms with E-state index in [-0.39, 0.29) is 0 Å². The predicted molar refractivity (Wildman–Crippen MR) is 71.2 cm³/mol. The molecular weight excluding hydrogens is 212 g/mol. The third-order valence-electron chi connectivity index (χ3n) is 2.88. The number of unbranched alkanes of at least 4 members (excludes halogenated alkanes) is 1. The maximum atomic E-state index is 4.53. The van der Waals surface area contributed by atoms with Crippen LogP contribution >= 0.6 is 0 Å². The molecule has 1 N–H and O–H groups in total. The Hall–Kier alpha value is -1.19. The molecule has 96 valence electrons. The smallest absolute Gasteiger partial charge is 0.243 e. The van der Waals surface area contributed by atoms with Crippen molar-refractivity contribution in [2.45, 2.75) is 65.8 Å². The highest BCUT2D eigenvalue weighted by atomic mass is 15.2. The van der Waals surface area contributed by atoms with Gasteiger partial charge >= 0.3 is 0 Å². The van der Waals surface area contributed by atoms with E-state index in [1.54, 1.807) is 0 Å². The van der Waals surface area contributed by atoms with Gasteiger partial charge in [-0.15, -0.1) is 5.10 Å². The van der Waals surface area contributed by atoms with E-state index >= 15 is 0 Å². The van der Waals surface area contributed by atoms with Gasteiger partial charge < -0.3 is 5.32 Å². The van der Waals surface area contributed by atoms with E-state index in [9.17, 15) is 0 Å². The zero-order valence-electron chi connectivity index (χ0n) is 11.5. The Morgan fingerprint density at radius 3 is 2.35 bits per heavy atom. The summed E-state index contributed by atoms with van der Waals surface area (Å²) in [7, 11) is 0. The van der Waals surface area contributed by atoms with Crippen molar-refractivity contribution in [3.63, 3.8) is 0 Å². The maximum absolute atomic E-state index is 4.53. The lowest BCUT2D eigenvalue weighted by Crippen LogP contribution is -2.18. The van der Waals surface area contributed by atoms with Gasteiger partial charge in [0, 0.05) is 6.04 Å². The highest BCUT2D eigenvalue weighted by Gasteiger charge is 2.08. The number of hydrogen-bond acceptors (Lipinski definition) is 4. The SMILES string of the molecule is CCCCC(C)Nc1nnc(CC)c(CC)n1. The number of nitrogens with one attached hydrogen (secondary N) is 1. The van der Waals surface area contributed by atoms with Gasteiger partial charge in [0.2, 0.25) is 5.95 Å². The van der Waals surface area contributed by atoms with E-state index in [1.807, 2.05) is 0 Å². The van der Waals surface area contributed by atoms with Crippen LogP contribution in [0.15, 0.2) is 0 Å². The number of nitrogens with zero attached hydrogens (tertiary/aromatic N) is 3. The molecule has 4 heteroatoms. The van der Waals surface area contributed by atoms with Crippen molar-refractivity contribution in [3.8, 4) is 0 Å². The summed E-state index contributed by atoms with van der Waals surface area (Å²) < 4.78 is 0. The quantitative estimate of drug-likeness (QED) is 0.790. The topological polar surface area (TPSA) is 50.7 Å². The predicted octanol–water partition coefficient (Wildman–Crippen LogP) is 2.99. The molecule has 0 bridgehead atoms. The van der Waals surface area contributed by atoms with Crippen LogP contribution in [-0.4, -0.2) is 21.2 Å². The van der Waals surface area contributed by atoms with Gasteiger partial charge in [0.1, 0.15) is 0 Å². The molecule has 0 spiro atoms. The minimum atomic E-state index is 0.411. The highest BCUT2D eigenvalue weighted by Crippen LogP contribution is 2.09. The highest BCUT2D eigenvalue weighted by molar-refractivity contribution is 5.26. The molecule has 4 nitrogen and oxygen atoms in total. The Bertz CT molecular complexity index is 338. The van der Waals surface area contributed by atoms with Crippen LogP contribution in [0.1, 0.15) is 58.3 Å². The standard InChI is InChI=1S/C13H24N4/c1-5-8-9-10(4)14-13-15-11(6-2)12(7-3)16-17-13/h10H,5-9H2,1-4H3,(H,14,15,17). The molecule has 1 atom stereocenters. The number of anilines is 1. The second-order valence-electron chi connectivity index (χ2n) is 4.42. The molecule has 1 heterocycles. The van der Waals surface area contributed by atoms with Gasteiger partial charge in [0.15, 0.2) is 0 Å². The molecule has 0 aliphatic heterocycles. The van der Waals surface area contributed by atoms with Crippen molar-refractivity contribution < 1.29 is 0 Å². The van der Waals surface area contributed by atoms with Crippen molar-refractivity contribution in [1.82, 2.24) is 15.2 Å². The fourth-order valence-electron chi connectivity index (χ4n) is 1.80. The van der Waals surface area contributed by atoms with Crippen molar-refractivity contribution in [2.24, 2.45) is 0 Å². The first-order chi connectivity index (χ1) is 8.21. The summed E-state index contributed by atoms with van der Waals surface area (Å²) >= 11 is 0. The van der Waals surface area contributed by atoms with Gasteiger partial charge in [-0.25, -0.2) is 4.98 Å². The van der Waals surface area contributed by atoms with E-state index < -0.39 is 0 Å². The first kappa shape index (κ1) is 13.9. The molecule has 0 aliphatic carbocycles. The summed E-state index contributed by atoms with van der Waals surface area (Å²) in [6.45, 7) is 8.56. The summed E-state index contributed by atoms with van der Waals surface area (Å²) in [5.74, 6) is 0.669. The third kappa shape index (κ3) is 4.29. The molecule has 1 aromatic heterocycles. The summed E-state index contributed by atoms with van der Waals surface area (Å²) in [5, 5.41) is 11.7.